The van der Waals surface area contributed by atoms with E-state index in [0.29, 0.717) is 11.7 Å². The quantitative estimate of drug-likeness (QED) is 0.931. The van der Waals surface area contributed by atoms with Gasteiger partial charge in [0.05, 0.1) is 18.7 Å². The molecule has 0 saturated carbocycles. The number of ether oxygens (including phenoxy) is 1. The van der Waals surface area contributed by atoms with Gasteiger partial charge in [0.2, 0.25) is 11.7 Å². The van der Waals surface area contributed by atoms with Crippen molar-refractivity contribution in [3.8, 4) is 17.1 Å². The second-order valence-corrected chi connectivity index (χ2v) is 5.16. The largest absolute Gasteiger partial charge is 0.496 e. The van der Waals surface area contributed by atoms with Crippen molar-refractivity contribution in [2.45, 2.75) is 32.2 Å². The van der Waals surface area contributed by atoms with Gasteiger partial charge < -0.3 is 14.6 Å². The van der Waals surface area contributed by atoms with E-state index in [1.807, 2.05) is 25.1 Å². The molecule has 0 aliphatic carbocycles. The molecule has 0 radical (unpaired) electrons. The van der Waals surface area contributed by atoms with Crippen molar-refractivity contribution in [1.29, 1.82) is 0 Å². The van der Waals surface area contributed by atoms with Gasteiger partial charge in [-0.2, -0.15) is 4.98 Å². The standard InChI is InChI=1S/C15H19N3O2/c1-10-6-7-11(13(9-10)19-2)14-17-15(20-18-14)12-5-3-4-8-16-12/h6-7,9,12,16H,3-5,8H2,1-2H3/t12-/m1/s1. The van der Waals surface area contributed by atoms with Crippen molar-refractivity contribution in [2.24, 2.45) is 0 Å². The smallest absolute Gasteiger partial charge is 0.244 e. The molecule has 2 aromatic rings. The van der Waals surface area contributed by atoms with E-state index >= 15 is 0 Å². The maximum absolute atomic E-state index is 5.41. The van der Waals surface area contributed by atoms with Crippen LogP contribution >= 0.6 is 0 Å². The van der Waals surface area contributed by atoms with Gasteiger partial charge in [0.25, 0.3) is 0 Å². The Morgan fingerprint density at radius 3 is 3.00 bits per heavy atom. The van der Waals surface area contributed by atoms with Gasteiger partial charge in [-0.25, -0.2) is 0 Å². The first-order chi connectivity index (χ1) is 9.78. The number of hydrogen-bond donors (Lipinski definition) is 1. The number of methoxy groups -OCH3 is 1. The second kappa shape index (κ2) is 5.63. The molecule has 1 aliphatic heterocycles. The van der Waals surface area contributed by atoms with Crippen LogP contribution in [0.3, 0.4) is 0 Å². The summed E-state index contributed by atoms with van der Waals surface area (Å²) >= 11 is 0. The van der Waals surface area contributed by atoms with E-state index in [1.165, 1.54) is 12.8 Å². The van der Waals surface area contributed by atoms with Gasteiger partial charge in [0.1, 0.15) is 5.75 Å². The number of piperidine rings is 1. The second-order valence-electron chi connectivity index (χ2n) is 5.16. The average Bonchev–Trinajstić information content (AvgIpc) is 2.97. The van der Waals surface area contributed by atoms with E-state index in [1.54, 1.807) is 7.11 Å². The van der Waals surface area contributed by atoms with Crippen LogP contribution in [-0.4, -0.2) is 23.8 Å². The minimum atomic E-state index is 0.182. The highest BCUT2D eigenvalue weighted by Gasteiger charge is 2.22. The van der Waals surface area contributed by atoms with E-state index < -0.39 is 0 Å². The van der Waals surface area contributed by atoms with E-state index in [4.69, 9.17) is 9.26 Å². The first-order valence-corrected chi connectivity index (χ1v) is 7.00. The Hall–Kier alpha value is -1.88. The molecule has 1 atom stereocenters. The van der Waals surface area contributed by atoms with Gasteiger partial charge in [-0.05, 0) is 44.0 Å². The lowest BCUT2D eigenvalue weighted by Crippen LogP contribution is -2.26. The highest BCUT2D eigenvalue weighted by atomic mass is 16.5. The first kappa shape index (κ1) is 13.1. The van der Waals surface area contributed by atoms with Gasteiger partial charge in [-0.3, -0.25) is 0 Å². The van der Waals surface area contributed by atoms with Crippen LogP contribution in [0.2, 0.25) is 0 Å². The van der Waals surface area contributed by atoms with E-state index in [2.05, 4.69) is 15.5 Å². The van der Waals surface area contributed by atoms with Crippen LogP contribution < -0.4 is 10.1 Å². The fourth-order valence-corrected chi connectivity index (χ4v) is 2.53. The fraction of sp³-hybridized carbons (Fsp3) is 0.467. The molecule has 1 N–H and O–H groups in total. The molecule has 0 amide bonds. The maximum Gasteiger partial charge on any atom is 0.244 e. The number of aryl methyl sites for hydroxylation is 1. The lowest BCUT2D eigenvalue weighted by Gasteiger charge is -2.19. The fourth-order valence-electron chi connectivity index (χ4n) is 2.53. The van der Waals surface area contributed by atoms with Crippen molar-refractivity contribution in [3.05, 3.63) is 29.7 Å². The van der Waals surface area contributed by atoms with Crippen LogP contribution in [0.4, 0.5) is 0 Å². The van der Waals surface area contributed by atoms with Crippen LogP contribution in [0.5, 0.6) is 5.75 Å². The zero-order valence-electron chi connectivity index (χ0n) is 11.8. The summed E-state index contributed by atoms with van der Waals surface area (Å²) in [5, 5.41) is 7.50. The third-order valence-electron chi connectivity index (χ3n) is 3.65. The molecule has 20 heavy (non-hydrogen) atoms. The summed E-state index contributed by atoms with van der Waals surface area (Å²) in [4.78, 5) is 4.52. The van der Waals surface area contributed by atoms with Gasteiger partial charge in [-0.15, -0.1) is 0 Å². The average molecular weight is 273 g/mol. The van der Waals surface area contributed by atoms with E-state index in [0.717, 1.165) is 29.8 Å². The topological polar surface area (TPSA) is 60.2 Å². The zero-order chi connectivity index (χ0) is 13.9. The number of hydrogen-bond acceptors (Lipinski definition) is 5. The Morgan fingerprint density at radius 1 is 1.35 bits per heavy atom. The summed E-state index contributed by atoms with van der Waals surface area (Å²) < 4.78 is 10.8. The molecule has 3 rings (SSSR count). The summed E-state index contributed by atoms with van der Waals surface area (Å²) in [6.07, 6.45) is 3.46. The van der Waals surface area contributed by atoms with Crippen molar-refractivity contribution >= 4 is 0 Å². The summed E-state index contributed by atoms with van der Waals surface area (Å²) in [5.41, 5.74) is 2.01. The lowest BCUT2D eigenvalue weighted by molar-refractivity contribution is 0.297. The van der Waals surface area contributed by atoms with Crippen molar-refractivity contribution in [3.63, 3.8) is 0 Å². The van der Waals surface area contributed by atoms with Crippen molar-refractivity contribution < 1.29 is 9.26 Å². The Kier molecular flexibility index (Phi) is 3.69. The minimum Gasteiger partial charge on any atom is -0.496 e. The molecule has 1 fully saturated rings. The number of nitrogens with one attached hydrogen (secondary N) is 1. The van der Waals surface area contributed by atoms with Gasteiger partial charge in [0.15, 0.2) is 0 Å². The predicted molar refractivity (Wildman–Crippen MR) is 75.6 cm³/mol. The first-order valence-electron chi connectivity index (χ1n) is 7.00. The van der Waals surface area contributed by atoms with Crippen molar-refractivity contribution in [1.82, 2.24) is 15.5 Å². The van der Waals surface area contributed by atoms with Crippen LogP contribution in [0, 0.1) is 6.92 Å². The summed E-state index contributed by atoms with van der Waals surface area (Å²) in [6, 6.07) is 6.15. The van der Waals surface area contributed by atoms with Gasteiger partial charge in [0, 0.05) is 0 Å². The van der Waals surface area contributed by atoms with Gasteiger partial charge >= 0.3 is 0 Å². The molecule has 0 spiro atoms. The molecule has 0 unspecified atom stereocenters. The molecule has 5 nitrogen and oxygen atoms in total. The van der Waals surface area contributed by atoms with Crippen molar-refractivity contribution in [2.75, 3.05) is 13.7 Å². The molecular weight excluding hydrogens is 254 g/mol. The van der Waals surface area contributed by atoms with Crippen LogP contribution in [0.25, 0.3) is 11.4 Å². The number of rotatable bonds is 3. The maximum atomic E-state index is 5.41. The van der Waals surface area contributed by atoms with Gasteiger partial charge in [-0.1, -0.05) is 17.6 Å². The summed E-state index contributed by atoms with van der Waals surface area (Å²) in [6.45, 7) is 3.04. The minimum absolute atomic E-state index is 0.182. The highest BCUT2D eigenvalue weighted by molar-refractivity contribution is 5.64. The Morgan fingerprint density at radius 2 is 2.25 bits per heavy atom. The monoisotopic (exact) mass is 273 g/mol. The Balaban J connectivity index is 1.89. The van der Waals surface area contributed by atoms with Crippen LogP contribution in [0.15, 0.2) is 22.7 Å². The molecule has 5 heteroatoms. The molecule has 0 bridgehead atoms. The number of nitrogens with zero attached hydrogens (tertiary/aromatic N) is 2. The third kappa shape index (κ3) is 2.54. The number of benzene rings is 1. The lowest BCUT2D eigenvalue weighted by atomic mass is 10.1. The predicted octanol–water partition coefficient (Wildman–Crippen LogP) is 2.87. The molecule has 106 valence electrons. The molecule has 1 saturated heterocycles. The SMILES string of the molecule is COc1cc(C)ccc1-c1noc([C@H]2CCCCN2)n1. The molecule has 1 aliphatic rings. The Labute approximate surface area is 118 Å². The summed E-state index contributed by atoms with van der Waals surface area (Å²) in [5.74, 6) is 2.03. The molecule has 1 aromatic carbocycles. The molecular formula is C15H19N3O2. The van der Waals surface area contributed by atoms with Crippen LogP contribution in [0.1, 0.15) is 36.8 Å². The highest BCUT2D eigenvalue weighted by Crippen LogP contribution is 2.30. The zero-order valence-corrected chi connectivity index (χ0v) is 11.8. The number of aromatic nitrogens is 2. The summed E-state index contributed by atoms with van der Waals surface area (Å²) in [7, 11) is 1.65. The molecule has 2 heterocycles. The Bertz CT molecular complexity index is 589. The van der Waals surface area contributed by atoms with Crippen LogP contribution in [-0.2, 0) is 0 Å². The van der Waals surface area contributed by atoms with E-state index in [9.17, 15) is 0 Å². The molecule has 1 aromatic heterocycles. The third-order valence-corrected chi connectivity index (χ3v) is 3.65. The van der Waals surface area contributed by atoms with E-state index in [-0.39, 0.29) is 6.04 Å². The normalized spacial score (nSPS) is 19.0.